The van der Waals surface area contributed by atoms with Crippen molar-refractivity contribution >= 4 is 12.0 Å². The fraction of sp³-hybridized carbons (Fsp3) is 0.591. The van der Waals surface area contributed by atoms with Crippen molar-refractivity contribution in [1.82, 2.24) is 5.32 Å². The number of nitrogens with one attached hydrogen (secondary N) is 1. The largest absolute Gasteiger partial charge is 0.347 e. The first-order valence-electron chi connectivity index (χ1n) is 9.61. The number of rotatable bonds is 4. The summed E-state index contributed by atoms with van der Waals surface area (Å²) >= 11 is 0. The predicted molar refractivity (Wildman–Crippen MR) is 98.6 cm³/mol. The molecular weight excluding hydrogens is 294 g/mol. The second-order valence-corrected chi connectivity index (χ2v) is 8.84. The summed E-state index contributed by atoms with van der Waals surface area (Å²) in [5, 5.41) is 3.40. The fourth-order valence-electron chi connectivity index (χ4n) is 5.73. The highest BCUT2D eigenvalue weighted by Crippen LogP contribution is 2.55. The Bertz CT molecular complexity index is 605. The molecule has 2 nitrogen and oxygen atoms in total. The lowest BCUT2D eigenvalue weighted by atomic mass is 9.53. The van der Waals surface area contributed by atoms with Gasteiger partial charge >= 0.3 is 0 Å². The lowest BCUT2D eigenvalue weighted by Crippen LogP contribution is -2.59. The van der Waals surface area contributed by atoms with Crippen LogP contribution in [0.15, 0.2) is 30.3 Å². The van der Waals surface area contributed by atoms with E-state index in [0.717, 1.165) is 23.3 Å². The molecule has 1 amide bonds. The molecule has 0 radical (unpaired) electrons. The van der Waals surface area contributed by atoms with E-state index in [1.54, 1.807) is 6.08 Å². The van der Waals surface area contributed by atoms with E-state index in [2.05, 4.69) is 43.4 Å². The molecule has 1 aromatic rings. The van der Waals surface area contributed by atoms with E-state index in [9.17, 15) is 4.79 Å². The summed E-state index contributed by atoms with van der Waals surface area (Å²) in [6.07, 6.45) is 11.5. The van der Waals surface area contributed by atoms with Crippen molar-refractivity contribution in [2.24, 2.45) is 17.8 Å². The first kappa shape index (κ1) is 15.9. The summed E-state index contributed by atoms with van der Waals surface area (Å²) in [7, 11) is 0. The quantitative estimate of drug-likeness (QED) is 0.784. The van der Waals surface area contributed by atoms with Gasteiger partial charge in [-0.2, -0.15) is 0 Å². The van der Waals surface area contributed by atoms with Gasteiger partial charge in [-0.05, 0) is 79.4 Å². The van der Waals surface area contributed by atoms with Gasteiger partial charge in [-0.25, -0.2) is 0 Å². The third-order valence-electron chi connectivity index (χ3n) is 6.46. The number of carbonyl (C=O) groups is 1. The summed E-state index contributed by atoms with van der Waals surface area (Å²) in [5.41, 5.74) is 2.54. The second kappa shape index (κ2) is 6.06. The van der Waals surface area contributed by atoms with Gasteiger partial charge in [0.25, 0.3) is 0 Å². The highest BCUT2D eigenvalue weighted by molar-refractivity contribution is 5.92. The Morgan fingerprint density at radius 1 is 1.04 bits per heavy atom. The molecule has 4 aliphatic rings. The van der Waals surface area contributed by atoms with Crippen LogP contribution >= 0.6 is 0 Å². The smallest absolute Gasteiger partial charge is 0.244 e. The molecule has 4 fully saturated rings. The van der Waals surface area contributed by atoms with E-state index in [0.29, 0.717) is 5.92 Å². The Kier molecular flexibility index (Phi) is 4.02. The van der Waals surface area contributed by atoms with Crippen LogP contribution in [0.3, 0.4) is 0 Å². The van der Waals surface area contributed by atoms with Crippen LogP contribution in [0.5, 0.6) is 0 Å². The third-order valence-corrected chi connectivity index (χ3v) is 6.46. The van der Waals surface area contributed by atoms with Crippen LogP contribution in [0.1, 0.15) is 69.4 Å². The predicted octanol–water partition coefficient (Wildman–Crippen LogP) is 4.91. The van der Waals surface area contributed by atoms with Gasteiger partial charge in [0.15, 0.2) is 0 Å². The maximum Gasteiger partial charge on any atom is 0.244 e. The van der Waals surface area contributed by atoms with Crippen molar-refractivity contribution in [3.8, 4) is 0 Å². The minimum absolute atomic E-state index is 0.0879. The van der Waals surface area contributed by atoms with Crippen LogP contribution in [-0.4, -0.2) is 11.4 Å². The van der Waals surface area contributed by atoms with Crippen molar-refractivity contribution < 1.29 is 4.79 Å². The van der Waals surface area contributed by atoms with E-state index < -0.39 is 0 Å². The minimum Gasteiger partial charge on any atom is -0.347 e. The molecule has 0 unspecified atom stereocenters. The maximum atomic E-state index is 12.5. The van der Waals surface area contributed by atoms with E-state index in [4.69, 9.17) is 0 Å². The van der Waals surface area contributed by atoms with Gasteiger partial charge < -0.3 is 5.32 Å². The number of amides is 1. The molecule has 0 atom stereocenters. The van der Waals surface area contributed by atoms with Gasteiger partial charge in [-0.1, -0.05) is 38.1 Å². The Morgan fingerprint density at radius 2 is 1.58 bits per heavy atom. The maximum absolute atomic E-state index is 12.5. The Hall–Kier alpha value is -1.57. The average molecular weight is 323 g/mol. The summed E-state index contributed by atoms with van der Waals surface area (Å²) < 4.78 is 0. The zero-order valence-corrected chi connectivity index (χ0v) is 14.9. The lowest BCUT2D eigenvalue weighted by Gasteiger charge is -2.56. The molecule has 2 heteroatoms. The molecular formula is C22H29NO. The monoisotopic (exact) mass is 323 g/mol. The number of carbonyl (C=O) groups excluding carboxylic acids is 1. The highest BCUT2D eigenvalue weighted by Gasteiger charge is 2.51. The van der Waals surface area contributed by atoms with Crippen molar-refractivity contribution in [3.63, 3.8) is 0 Å². The van der Waals surface area contributed by atoms with Crippen LogP contribution in [0.4, 0.5) is 0 Å². The molecule has 1 aromatic carbocycles. The fourth-order valence-corrected chi connectivity index (χ4v) is 5.73. The van der Waals surface area contributed by atoms with Crippen LogP contribution < -0.4 is 5.32 Å². The Morgan fingerprint density at radius 3 is 2.08 bits per heavy atom. The van der Waals surface area contributed by atoms with Crippen molar-refractivity contribution in [1.29, 1.82) is 0 Å². The lowest BCUT2D eigenvalue weighted by molar-refractivity contribution is -0.122. The molecule has 4 saturated carbocycles. The zero-order chi connectivity index (χ0) is 16.7. The first-order chi connectivity index (χ1) is 11.5. The molecule has 0 heterocycles. The van der Waals surface area contributed by atoms with Gasteiger partial charge in [-0.15, -0.1) is 0 Å². The molecule has 24 heavy (non-hydrogen) atoms. The van der Waals surface area contributed by atoms with Gasteiger partial charge in [0.1, 0.15) is 0 Å². The van der Waals surface area contributed by atoms with Gasteiger partial charge in [0.2, 0.25) is 5.91 Å². The van der Waals surface area contributed by atoms with Gasteiger partial charge in [-0.3, -0.25) is 4.79 Å². The van der Waals surface area contributed by atoms with Crippen molar-refractivity contribution in [3.05, 3.63) is 41.5 Å². The van der Waals surface area contributed by atoms with Crippen LogP contribution in [0, 0.1) is 17.8 Å². The van der Waals surface area contributed by atoms with Crippen LogP contribution in [-0.2, 0) is 4.79 Å². The first-order valence-corrected chi connectivity index (χ1v) is 9.61. The average Bonchev–Trinajstić information content (AvgIpc) is 2.51. The summed E-state index contributed by atoms with van der Waals surface area (Å²) in [6.45, 7) is 4.40. The van der Waals surface area contributed by atoms with Crippen molar-refractivity contribution in [2.45, 2.75) is 63.8 Å². The van der Waals surface area contributed by atoms with E-state index >= 15 is 0 Å². The molecule has 0 aliphatic heterocycles. The molecule has 0 saturated heterocycles. The summed E-state index contributed by atoms with van der Waals surface area (Å²) in [4.78, 5) is 12.5. The standard InChI is InChI=1S/C22H29NO/c1-15(2)20-6-3-16(4-7-20)5-8-21(24)23-22-12-17-9-18(13-22)11-19(10-17)14-22/h3-8,15,17-19H,9-14H2,1-2H3,(H,23,24). The minimum atomic E-state index is 0.0879. The van der Waals surface area contributed by atoms with E-state index in [1.807, 2.05) is 6.08 Å². The third kappa shape index (κ3) is 3.16. The Labute approximate surface area is 145 Å². The van der Waals surface area contributed by atoms with Crippen molar-refractivity contribution in [2.75, 3.05) is 0 Å². The number of hydrogen-bond donors (Lipinski definition) is 1. The van der Waals surface area contributed by atoms with Gasteiger partial charge in [0, 0.05) is 11.6 Å². The molecule has 1 N–H and O–H groups in total. The molecule has 128 valence electrons. The number of hydrogen-bond acceptors (Lipinski definition) is 1. The molecule has 5 rings (SSSR count). The summed E-state index contributed by atoms with van der Waals surface area (Å²) in [6, 6.07) is 8.51. The van der Waals surface area contributed by atoms with Crippen LogP contribution in [0.25, 0.3) is 6.08 Å². The molecule has 0 aromatic heterocycles. The zero-order valence-electron chi connectivity index (χ0n) is 14.9. The second-order valence-electron chi connectivity index (χ2n) is 8.84. The molecule has 0 spiro atoms. The van der Waals surface area contributed by atoms with Gasteiger partial charge in [0.05, 0.1) is 0 Å². The van der Waals surface area contributed by atoms with Crippen LogP contribution in [0.2, 0.25) is 0 Å². The normalized spacial score (nSPS) is 34.2. The SMILES string of the molecule is CC(C)c1ccc(C=CC(=O)NC23CC4CC(CC(C4)C2)C3)cc1. The van der Waals surface area contributed by atoms with E-state index in [-0.39, 0.29) is 11.4 Å². The molecule has 4 aliphatic carbocycles. The summed E-state index contributed by atoms with van der Waals surface area (Å²) in [5.74, 6) is 3.23. The highest BCUT2D eigenvalue weighted by atomic mass is 16.1. The Balaban J connectivity index is 1.40. The number of benzene rings is 1. The topological polar surface area (TPSA) is 29.1 Å². The molecule has 4 bridgehead atoms. The van der Waals surface area contributed by atoms with E-state index in [1.165, 1.54) is 44.1 Å².